The Kier molecular flexibility index (Phi) is 13.7. The third-order valence-electron chi connectivity index (χ3n) is 8.69. The van der Waals surface area contributed by atoms with Gasteiger partial charge in [0.25, 0.3) is 0 Å². The molecule has 1 aliphatic carbocycles. The summed E-state index contributed by atoms with van der Waals surface area (Å²) in [7, 11) is 2.81. The lowest BCUT2D eigenvalue weighted by Gasteiger charge is -2.35. The second-order valence-electron chi connectivity index (χ2n) is 14.6. The Balaban J connectivity index is 1.91. The van der Waals surface area contributed by atoms with Crippen molar-refractivity contribution in [2.45, 2.75) is 97.8 Å². The van der Waals surface area contributed by atoms with E-state index in [9.17, 15) is 9.59 Å². The van der Waals surface area contributed by atoms with Crippen molar-refractivity contribution in [3.63, 3.8) is 0 Å². The van der Waals surface area contributed by atoms with Gasteiger partial charge in [-0.15, -0.1) is 0 Å². The van der Waals surface area contributed by atoms with Gasteiger partial charge in [-0.1, -0.05) is 103 Å². The van der Waals surface area contributed by atoms with Crippen LogP contribution >= 0.6 is 11.6 Å². The summed E-state index contributed by atoms with van der Waals surface area (Å²) in [6.07, 6.45) is 8.08. The number of allylic oxidation sites excluding steroid dienone is 3. The number of ether oxygens (including phenoxy) is 3. The second-order valence-corrected chi connectivity index (χ2v) is 15.0. The monoisotopic (exact) mass is 651 g/mol. The first-order valence-corrected chi connectivity index (χ1v) is 16.8. The van der Waals surface area contributed by atoms with Crippen molar-refractivity contribution in [2.24, 2.45) is 11.8 Å². The molecule has 3 atom stereocenters. The Morgan fingerprint density at radius 3 is 2.09 bits per heavy atom. The Bertz CT molecular complexity index is 1330. The van der Waals surface area contributed by atoms with Crippen molar-refractivity contribution in [3.8, 4) is 0 Å². The van der Waals surface area contributed by atoms with E-state index >= 15 is 0 Å². The van der Waals surface area contributed by atoms with Gasteiger partial charge in [-0.25, -0.2) is 4.79 Å². The van der Waals surface area contributed by atoms with Crippen molar-refractivity contribution >= 4 is 23.5 Å². The number of carbonyl (C=O) groups is 2. The maximum atomic E-state index is 12.0. The third kappa shape index (κ3) is 11.4. The predicted molar refractivity (Wildman–Crippen MR) is 187 cm³/mol. The molecule has 0 heterocycles. The van der Waals surface area contributed by atoms with Crippen molar-refractivity contribution in [1.82, 2.24) is 4.90 Å². The summed E-state index contributed by atoms with van der Waals surface area (Å²) in [5.74, 6) is -0.211. The Labute approximate surface area is 282 Å². The van der Waals surface area contributed by atoms with Crippen molar-refractivity contribution in [3.05, 3.63) is 93.5 Å². The molecule has 252 valence electrons. The first kappa shape index (κ1) is 37.5. The molecule has 0 bridgehead atoms. The standard InChI is InChI=1S/C39H54ClNO5/c1-27-13-18-33(40)23-34(27)35(46-26-29-20-31(38(2,3)4)22-32(21-29)39(5,6)7)25-41(19-11-10-12-36(42)44-8)24-28-14-16-30(17-15-28)37(43)45-9/h13-18,20-23,27,34-35H,10-12,19,24-26H2,1-9H3/t27?,34?,35-/m0/s1. The van der Waals surface area contributed by atoms with Gasteiger partial charge in [0.2, 0.25) is 0 Å². The Morgan fingerprint density at radius 1 is 0.891 bits per heavy atom. The van der Waals surface area contributed by atoms with Gasteiger partial charge >= 0.3 is 11.9 Å². The molecule has 0 N–H and O–H groups in total. The van der Waals surface area contributed by atoms with Crippen molar-refractivity contribution in [2.75, 3.05) is 27.3 Å². The van der Waals surface area contributed by atoms with E-state index in [1.807, 2.05) is 18.2 Å². The van der Waals surface area contributed by atoms with E-state index in [-0.39, 0.29) is 40.7 Å². The minimum Gasteiger partial charge on any atom is -0.469 e. The lowest BCUT2D eigenvalue weighted by Crippen LogP contribution is -2.40. The number of hydrogen-bond acceptors (Lipinski definition) is 6. The molecule has 0 fully saturated rings. The van der Waals surface area contributed by atoms with Crippen LogP contribution in [0.1, 0.15) is 100 Å². The zero-order valence-corrected chi connectivity index (χ0v) is 30.1. The molecule has 6 nitrogen and oxygen atoms in total. The van der Waals surface area contributed by atoms with Crippen LogP contribution in [0.15, 0.2) is 65.7 Å². The van der Waals surface area contributed by atoms with Crippen LogP contribution in [0.3, 0.4) is 0 Å². The van der Waals surface area contributed by atoms with Crippen LogP contribution < -0.4 is 0 Å². The number of halogens is 1. The minimum absolute atomic E-state index is 0.0127. The highest BCUT2D eigenvalue weighted by atomic mass is 35.5. The predicted octanol–water partition coefficient (Wildman–Crippen LogP) is 8.74. The molecule has 2 aromatic rings. The maximum Gasteiger partial charge on any atom is 0.337 e. The van der Waals surface area contributed by atoms with E-state index in [1.165, 1.54) is 30.9 Å². The van der Waals surface area contributed by atoms with Gasteiger partial charge in [-0.3, -0.25) is 9.69 Å². The third-order valence-corrected chi connectivity index (χ3v) is 8.94. The van der Waals surface area contributed by atoms with Crippen molar-refractivity contribution in [1.29, 1.82) is 0 Å². The number of rotatable bonds is 14. The fourth-order valence-corrected chi connectivity index (χ4v) is 5.88. The lowest BCUT2D eigenvalue weighted by molar-refractivity contribution is -0.140. The molecule has 0 aliphatic heterocycles. The van der Waals surface area contributed by atoms with E-state index < -0.39 is 0 Å². The van der Waals surface area contributed by atoms with Gasteiger partial charge in [-0.2, -0.15) is 0 Å². The summed E-state index contributed by atoms with van der Waals surface area (Å²) in [5, 5.41) is 0.726. The van der Waals surface area contributed by atoms with Crippen LogP contribution in [0.2, 0.25) is 0 Å². The van der Waals surface area contributed by atoms with Crippen LogP contribution in [-0.4, -0.2) is 50.3 Å². The van der Waals surface area contributed by atoms with Gasteiger partial charge in [-0.05, 0) is 76.6 Å². The normalized spacial score (nSPS) is 17.5. The number of benzene rings is 2. The molecule has 0 saturated carbocycles. The number of carbonyl (C=O) groups excluding carboxylic acids is 2. The van der Waals surface area contributed by atoms with Gasteiger partial charge < -0.3 is 14.2 Å². The van der Waals surface area contributed by atoms with Gasteiger partial charge in [0, 0.05) is 30.5 Å². The van der Waals surface area contributed by atoms with Gasteiger partial charge in [0.1, 0.15) is 0 Å². The van der Waals surface area contributed by atoms with Crippen LogP contribution in [0.25, 0.3) is 0 Å². The molecule has 46 heavy (non-hydrogen) atoms. The van der Waals surface area contributed by atoms with Crippen LogP contribution in [0.5, 0.6) is 0 Å². The number of methoxy groups -OCH3 is 2. The first-order valence-electron chi connectivity index (χ1n) is 16.4. The average molecular weight is 652 g/mol. The van der Waals surface area contributed by atoms with E-state index in [0.29, 0.717) is 31.7 Å². The highest BCUT2D eigenvalue weighted by Gasteiger charge is 2.29. The van der Waals surface area contributed by atoms with E-state index in [0.717, 1.165) is 30.0 Å². The lowest BCUT2D eigenvalue weighted by atomic mass is 9.79. The number of hydrogen-bond donors (Lipinski definition) is 0. The highest BCUT2D eigenvalue weighted by molar-refractivity contribution is 6.31. The fourth-order valence-electron chi connectivity index (χ4n) is 5.66. The van der Waals surface area contributed by atoms with Crippen molar-refractivity contribution < 1.29 is 23.8 Å². The molecule has 0 amide bonds. The summed E-state index contributed by atoms with van der Waals surface area (Å²) in [6.45, 7) is 18.3. The summed E-state index contributed by atoms with van der Waals surface area (Å²) >= 11 is 6.57. The summed E-state index contributed by atoms with van der Waals surface area (Å²) in [6, 6.07) is 14.4. The quantitative estimate of drug-likeness (QED) is 0.150. The molecule has 1 aliphatic rings. The smallest absolute Gasteiger partial charge is 0.337 e. The molecule has 3 rings (SSSR count). The van der Waals surface area contributed by atoms with E-state index in [1.54, 1.807) is 12.1 Å². The van der Waals surface area contributed by atoms with Crippen LogP contribution in [-0.2, 0) is 43.0 Å². The zero-order valence-electron chi connectivity index (χ0n) is 29.3. The Morgan fingerprint density at radius 2 is 1.52 bits per heavy atom. The second kappa shape index (κ2) is 16.8. The summed E-state index contributed by atoms with van der Waals surface area (Å²) < 4.78 is 16.6. The molecular formula is C39H54ClNO5. The SMILES string of the molecule is COC(=O)CCCCN(Cc1ccc(C(=O)OC)cc1)C[C@H](OCc1cc(C(C)(C)C)cc(C(C)(C)C)c1)C1C=C(Cl)C=CC1C. The molecular weight excluding hydrogens is 598 g/mol. The summed E-state index contributed by atoms with van der Waals surface area (Å²) in [5.41, 5.74) is 5.39. The molecule has 0 aromatic heterocycles. The number of nitrogens with zero attached hydrogens (tertiary/aromatic N) is 1. The van der Waals surface area contributed by atoms with Crippen LogP contribution in [0.4, 0.5) is 0 Å². The van der Waals surface area contributed by atoms with Gasteiger partial charge in [0.05, 0.1) is 32.5 Å². The average Bonchev–Trinajstić information content (AvgIpc) is 3.01. The van der Waals surface area contributed by atoms with Gasteiger partial charge in [0.15, 0.2) is 0 Å². The highest BCUT2D eigenvalue weighted by Crippen LogP contribution is 2.33. The molecule has 0 saturated heterocycles. The molecule has 0 radical (unpaired) electrons. The van der Waals surface area contributed by atoms with E-state index in [2.05, 4.69) is 83.7 Å². The number of esters is 2. The summed E-state index contributed by atoms with van der Waals surface area (Å²) in [4.78, 5) is 26.2. The molecule has 0 spiro atoms. The number of unbranched alkanes of at least 4 members (excludes halogenated alkanes) is 1. The minimum atomic E-state index is -0.354. The molecule has 7 heteroatoms. The van der Waals surface area contributed by atoms with Crippen LogP contribution in [0, 0.1) is 11.8 Å². The largest absolute Gasteiger partial charge is 0.469 e. The molecule has 2 aromatic carbocycles. The zero-order chi connectivity index (χ0) is 34.1. The van der Waals surface area contributed by atoms with E-state index in [4.69, 9.17) is 25.8 Å². The topological polar surface area (TPSA) is 65.1 Å². The fraction of sp³-hybridized carbons (Fsp3) is 0.538. The first-order chi connectivity index (χ1) is 21.6. The Hall–Kier alpha value is -2.93. The maximum absolute atomic E-state index is 12.0. The molecule has 2 unspecified atom stereocenters.